The molecule has 81 valence electrons. The van der Waals surface area contributed by atoms with Gasteiger partial charge in [-0.25, -0.2) is 0 Å². The molecular weight excluding hydrogens is 405 g/mol. The molecule has 0 aliphatic heterocycles. The summed E-state index contributed by atoms with van der Waals surface area (Å²) in [6.07, 6.45) is 0. The van der Waals surface area contributed by atoms with Crippen molar-refractivity contribution in [3.8, 4) is 11.5 Å². The van der Waals surface area contributed by atoms with Crippen molar-refractivity contribution in [3.63, 3.8) is 0 Å². The monoisotopic (exact) mass is 415 g/mol. The summed E-state index contributed by atoms with van der Waals surface area (Å²) in [5.41, 5.74) is 0.464. The van der Waals surface area contributed by atoms with Crippen LogP contribution in [0.15, 0.2) is 54.6 Å². The van der Waals surface area contributed by atoms with Gasteiger partial charge in [-0.2, -0.15) is 0 Å². The molecule has 0 spiro atoms. The van der Waals surface area contributed by atoms with Crippen LogP contribution in [0.5, 0.6) is 11.5 Å². The molecule has 4 heteroatoms. The predicted octanol–water partition coefficient (Wildman–Crippen LogP) is 3.10. The Hall–Kier alpha value is -1.35. The van der Waals surface area contributed by atoms with Crippen molar-refractivity contribution < 1.29 is 38.8 Å². The number of hydrogen-bond donors (Lipinski definition) is 0. The van der Waals surface area contributed by atoms with Crippen LogP contribution in [0.3, 0.4) is 0 Å². The molecular formula is C13H9HgO3. The van der Waals surface area contributed by atoms with Gasteiger partial charge in [0.05, 0.1) is 0 Å². The van der Waals surface area contributed by atoms with Crippen LogP contribution in [0.2, 0.25) is 0 Å². The van der Waals surface area contributed by atoms with Crippen LogP contribution in [-0.4, -0.2) is 5.97 Å². The third-order valence-corrected chi connectivity index (χ3v) is 3.23. The molecule has 3 nitrogen and oxygen atoms in total. The van der Waals surface area contributed by atoms with Crippen molar-refractivity contribution >= 4 is 5.97 Å². The Morgan fingerprint density at radius 3 is 2.29 bits per heavy atom. The first-order valence-electron chi connectivity index (χ1n) is 5.09. The zero-order valence-corrected chi connectivity index (χ0v) is 14.6. The first-order valence-corrected chi connectivity index (χ1v) is 7.34. The summed E-state index contributed by atoms with van der Waals surface area (Å²) >= 11 is -0.0171. The summed E-state index contributed by atoms with van der Waals surface area (Å²) in [5, 5.41) is 0. The van der Waals surface area contributed by atoms with Gasteiger partial charge in [-0.1, -0.05) is 0 Å². The van der Waals surface area contributed by atoms with Crippen molar-refractivity contribution in [1.82, 2.24) is 0 Å². The standard InChI is InChI=1S/C13H10O3.Hg/c14-13(15)11-8-4-5-9-12(11)16-10-6-2-1-3-7-10;/h1-9H,(H,14,15);/q;+1/p-1. The van der Waals surface area contributed by atoms with E-state index >= 15 is 0 Å². The second kappa shape index (κ2) is 5.82. The minimum absolute atomic E-state index is 0.0171. The normalized spacial score (nSPS) is 9.76. The second-order valence-electron chi connectivity index (χ2n) is 3.34. The zero-order valence-electron chi connectivity index (χ0n) is 9.13. The number of carbonyl (C=O) groups excluding carboxylic acids is 1. The van der Waals surface area contributed by atoms with Gasteiger partial charge in [0, 0.05) is 0 Å². The second-order valence-corrected chi connectivity index (χ2v) is 4.47. The molecule has 0 aromatic heterocycles. The van der Waals surface area contributed by atoms with Gasteiger partial charge in [0.15, 0.2) is 0 Å². The Labute approximate surface area is 116 Å². The molecule has 2 rings (SSSR count). The predicted molar refractivity (Wildman–Crippen MR) is 58.4 cm³/mol. The van der Waals surface area contributed by atoms with Gasteiger partial charge in [0.2, 0.25) is 0 Å². The molecule has 0 saturated carbocycles. The molecule has 0 fully saturated rings. The van der Waals surface area contributed by atoms with Crippen molar-refractivity contribution in [2.24, 2.45) is 0 Å². The van der Waals surface area contributed by atoms with E-state index in [0.29, 0.717) is 17.1 Å². The van der Waals surface area contributed by atoms with Crippen molar-refractivity contribution in [1.29, 1.82) is 0 Å². The van der Waals surface area contributed by atoms with Crippen LogP contribution in [-0.2, 0) is 29.2 Å². The number of rotatable bonds is 3. The Bertz CT molecular complexity index is 511. The van der Waals surface area contributed by atoms with Gasteiger partial charge in [-0.05, 0) is 0 Å². The summed E-state index contributed by atoms with van der Waals surface area (Å²) in [6, 6.07) is 16.4. The van der Waals surface area contributed by atoms with Gasteiger partial charge in [-0.15, -0.1) is 0 Å². The average molecular weight is 414 g/mol. The Morgan fingerprint density at radius 2 is 1.59 bits per heavy atom. The van der Waals surface area contributed by atoms with Crippen LogP contribution in [0.25, 0.3) is 0 Å². The molecule has 0 saturated heterocycles. The molecule has 0 aliphatic rings. The maximum absolute atomic E-state index is 11.6. The van der Waals surface area contributed by atoms with E-state index in [-0.39, 0.29) is 32.5 Å². The molecule has 0 unspecified atom stereocenters. The van der Waals surface area contributed by atoms with Crippen molar-refractivity contribution in [3.05, 3.63) is 60.2 Å². The molecule has 2 aromatic carbocycles. The van der Waals surface area contributed by atoms with Gasteiger partial charge in [0.1, 0.15) is 0 Å². The molecule has 0 aliphatic carbocycles. The molecule has 2 aromatic rings. The van der Waals surface area contributed by atoms with E-state index in [9.17, 15) is 4.79 Å². The first kappa shape index (κ1) is 12.1. The van der Waals surface area contributed by atoms with Crippen LogP contribution in [0.1, 0.15) is 10.4 Å². The van der Waals surface area contributed by atoms with E-state index < -0.39 is 0 Å². The quantitative estimate of drug-likeness (QED) is 0.725. The fourth-order valence-electron chi connectivity index (χ4n) is 1.42. The van der Waals surface area contributed by atoms with Crippen LogP contribution < -0.4 is 4.74 Å². The van der Waals surface area contributed by atoms with E-state index in [2.05, 4.69) is 0 Å². The molecule has 0 radical (unpaired) electrons. The molecule has 0 amide bonds. The van der Waals surface area contributed by atoms with Crippen LogP contribution in [0.4, 0.5) is 0 Å². The number of hydrogen-bond acceptors (Lipinski definition) is 3. The van der Waals surface area contributed by atoms with Gasteiger partial charge in [-0.3, -0.25) is 0 Å². The number of ether oxygens (including phenoxy) is 1. The first-order chi connectivity index (χ1) is 8.31. The van der Waals surface area contributed by atoms with E-state index in [1.54, 1.807) is 18.2 Å². The van der Waals surface area contributed by atoms with Crippen molar-refractivity contribution in [2.45, 2.75) is 0 Å². The number of carbonyl (C=O) groups is 1. The van der Waals surface area contributed by atoms with Gasteiger partial charge < -0.3 is 0 Å². The Kier molecular flexibility index (Phi) is 4.15. The van der Waals surface area contributed by atoms with Crippen molar-refractivity contribution in [2.75, 3.05) is 0 Å². The molecule has 0 N–H and O–H groups in total. The third kappa shape index (κ3) is 3.06. The summed E-state index contributed by atoms with van der Waals surface area (Å²) in [6.45, 7) is 0. The minimum atomic E-state index is -0.320. The van der Waals surface area contributed by atoms with Crippen LogP contribution in [0, 0.1) is 0 Å². The maximum atomic E-state index is 11.6. The number of benzene rings is 2. The third-order valence-electron chi connectivity index (χ3n) is 2.21. The number of para-hydroxylation sites is 2. The van der Waals surface area contributed by atoms with E-state index in [1.807, 2.05) is 36.4 Å². The topological polar surface area (TPSA) is 35.5 Å². The summed E-state index contributed by atoms with van der Waals surface area (Å²) in [5.74, 6) is 0.903. The summed E-state index contributed by atoms with van der Waals surface area (Å²) in [7, 11) is 0. The molecule has 0 heterocycles. The molecule has 0 bridgehead atoms. The SMILES string of the molecule is O=C([O][Hg])c1ccccc1Oc1ccccc1. The van der Waals surface area contributed by atoms with E-state index in [0.717, 1.165) is 0 Å². The average Bonchev–Trinajstić information content (AvgIpc) is 2.40. The molecule has 17 heavy (non-hydrogen) atoms. The van der Waals surface area contributed by atoms with Gasteiger partial charge >= 0.3 is 116 Å². The van der Waals surface area contributed by atoms with Gasteiger partial charge in [0.25, 0.3) is 0 Å². The zero-order chi connectivity index (χ0) is 12.1. The molecule has 0 atom stereocenters. The fourth-order valence-corrected chi connectivity index (χ4v) is 2.02. The summed E-state index contributed by atoms with van der Waals surface area (Å²) < 4.78 is 10.5. The fraction of sp³-hybridized carbons (Fsp3) is 0. The van der Waals surface area contributed by atoms with E-state index in [1.165, 1.54) is 0 Å². The van der Waals surface area contributed by atoms with Crippen LogP contribution >= 0.6 is 0 Å². The summed E-state index contributed by atoms with van der Waals surface area (Å²) in [4.78, 5) is 11.6. The Balaban J connectivity index is 2.30. The van der Waals surface area contributed by atoms with E-state index in [4.69, 9.17) is 7.38 Å². The Morgan fingerprint density at radius 1 is 0.941 bits per heavy atom.